The van der Waals surface area contributed by atoms with Crippen molar-refractivity contribution >= 4 is 12.2 Å². The van der Waals surface area contributed by atoms with Crippen LogP contribution < -0.4 is 14.8 Å². The Bertz CT molecular complexity index is 1450. The first-order valence-electron chi connectivity index (χ1n) is 12.9. The SMILES string of the molecule is COc1ccc(C(O)(c2ccc(OC)cc2)c2ccc(C=O)c(C#CCCC(=O)NCc3ccccc3)c2)cc1. The van der Waals surface area contributed by atoms with Crippen LogP contribution in [0.25, 0.3) is 0 Å². The van der Waals surface area contributed by atoms with E-state index >= 15 is 0 Å². The van der Waals surface area contributed by atoms with Gasteiger partial charge in [0.15, 0.2) is 6.29 Å². The van der Waals surface area contributed by atoms with Crippen molar-refractivity contribution in [2.24, 2.45) is 0 Å². The summed E-state index contributed by atoms with van der Waals surface area (Å²) < 4.78 is 10.6. The number of amides is 1. The molecule has 4 aromatic carbocycles. The van der Waals surface area contributed by atoms with Crippen LogP contribution in [0.1, 0.15) is 51.0 Å². The van der Waals surface area contributed by atoms with Crippen LogP contribution >= 0.6 is 0 Å². The topological polar surface area (TPSA) is 84.9 Å². The minimum atomic E-state index is -1.55. The highest BCUT2D eigenvalue weighted by Crippen LogP contribution is 2.38. The Balaban J connectivity index is 1.60. The van der Waals surface area contributed by atoms with Gasteiger partial charge in [0.25, 0.3) is 0 Å². The first-order valence-corrected chi connectivity index (χ1v) is 12.9. The van der Waals surface area contributed by atoms with Gasteiger partial charge in [0.2, 0.25) is 5.91 Å². The molecule has 2 N–H and O–H groups in total. The summed E-state index contributed by atoms with van der Waals surface area (Å²) >= 11 is 0. The van der Waals surface area contributed by atoms with E-state index in [9.17, 15) is 14.7 Å². The molecule has 0 heterocycles. The molecule has 6 nitrogen and oxygen atoms in total. The highest BCUT2D eigenvalue weighted by Gasteiger charge is 2.34. The monoisotopic (exact) mass is 533 g/mol. The molecule has 0 aliphatic heterocycles. The zero-order valence-electron chi connectivity index (χ0n) is 22.5. The lowest BCUT2D eigenvalue weighted by molar-refractivity contribution is -0.121. The molecule has 0 aliphatic carbocycles. The van der Waals surface area contributed by atoms with Crippen molar-refractivity contribution in [1.29, 1.82) is 0 Å². The molecular formula is C34H31NO5. The number of aliphatic hydroxyl groups is 1. The molecule has 0 aliphatic rings. The number of rotatable bonds is 10. The van der Waals surface area contributed by atoms with Crippen LogP contribution in [0.2, 0.25) is 0 Å². The maximum Gasteiger partial charge on any atom is 0.221 e. The lowest BCUT2D eigenvalue weighted by Gasteiger charge is -2.30. The summed E-state index contributed by atoms with van der Waals surface area (Å²) in [6.45, 7) is 0.458. The van der Waals surface area contributed by atoms with Gasteiger partial charge in [0, 0.05) is 30.5 Å². The first kappa shape index (κ1) is 28.2. The number of hydrogen-bond donors (Lipinski definition) is 2. The van der Waals surface area contributed by atoms with Gasteiger partial charge in [-0.3, -0.25) is 9.59 Å². The molecule has 0 atom stereocenters. The van der Waals surface area contributed by atoms with Crippen molar-refractivity contribution in [2.45, 2.75) is 25.0 Å². The zero-order chi connectivity index (χ0) is 28.4. The van der Waals surface area contributed by atoms with E-state index in [1.54, 1.807) is 80.9 Å². The summed E-state index contributed by atoms with van der Waals surface area (Å²) in [6, 6.07) is 29.1. The molecule has 0 radical (unpaired) electrons. The Morgan fingerprint density at radius 2 is 1.43 bits per heavy atom. The van der Waals surface area contributed by atoms with Gasteiger partial charge in [-0.05, 0) is 52.6 Å². The van der Waals surface area contributed by atoms with Gasteiger partial charge in [-0.2, -0.15) is 0 Å². The highest BCUT2D eigenvalue weighted by molar-refractivity contribution is 5.80. The van der Waals surface area contributed by atoms with Gasteiger partial charge in [-0.1, -0.05) is 78.6 Å². The Morgan fingerprint density at radius 3 is 1.98 bits per heavy atom. The van der Waals surface area contributed by atoms with E-state index in [0.717, 1.165) is 11.8 Å². The van der Waals surface area contributed by atoms with Crippen LogP contribution in [0.3, 0.4) is 0 Å². The Labute approximate surface area is 234 Å². The van der Waals surface area contributed by atoms with E-state index in [0.29, 0.717) is 52.3 Å². The third-order valence-electron chi connectivity index (χ3n) is 6.65. The molecule has 0 bridgehead atoms. The molecule has 0 saturated carbocycles. The van der Waals surface area contributed by atoms with Gasteiger partial charge in [0.05, 0.1) is 14.2 Å². The lowest BCUT2D eigenvalue weighted by Crippen LogP contribution is -2.29. The summed E-state index contributed by atoms with van der Waals surface area (Å²) in [5.74, 6) is 7.27. The molecule has 40 heavy (non-hydrogen) atoms. The van der Waals surface area contributed by atoms with Crippen molar-refractivity contribution in [3.8, 4) is 23.3 Å². The molecule has 6 heteroatoms. The van der Waals surface area contributed by atoms with Gasteiger partial charge in [0.1, 0.15) is 17.1 Å². The second-order valence-corrected chi connectivity index (χ2v) is 9.15. The predicted octanol–water partition coefficient (Wildman–Crippen LogP) is 5.25. The molecule has 0 aromatic heterocycles. The molecule has 0 spiro atoms. The summed E-state index contributed by atoms with van der Waals surface area (Å²) in [5, 5.41) is 15.2. The maximum absolute atomic E-state index is 12.3. The Morgan fingerprint density at radius 1 is 0.850 bits per heavy atom. The predicted molar refractivity (Wildman–Crippen MR) is 154 cm³/mol. The van der Waals surface area contributed by atoms with E-state index in [2.05, 4.69) is 17.2 Å². The molecule has 4 rings (SSSR count). The van der Waals surface area contributed by atoms with E-state index in [4.69, 9.17) is 9.47 Å². The fourth-order valence-electron chi connectivity index (χ4n) is 4.38. The third-order valence-corrected chi connectivity index (χ3v) is 6.65. The molecule has 4 aromatic rings. The fourth-order valence-corrected chi connectivity index (χ4v) is 4.38. The minimum Gasteiger partial charge on any atom is -0.497 e. The van der Waals surface area contributed by atoms with Crippen molar-refractivity contribution in [3.63, 3.8) is 0 Å². The van der Waals surface area contributed by atoms with Gasteiger partial charge < -0.3 is 19.9 Å². The molecule has 0 saturated heterocycles. The number of carbonyl (C=O) groups is 2. The summed E-state index contributed by atoms with van der Waals surface area (Å²) in [5.41, 5.74) is 2.12. The number of carbonyl (C=O) groups excluding carboxylic acids is 2. The normalized spacial score (nSPS) is 10.7. The summed E-state index contributed by atoms with van der Waals surface area (Å²) in [4.78, 5) is 24.1. The average molecular weight is 534 g/mol. The molecule has 0 fully saturated rings. The Kier molecular flexibility index (Phi) is 9.35. The largest absolute Gasteiger partial charge is 0.497 e. The van der Waals surface area contributed by atoms with Crippen molar-refractivity contribution < 1.29 is 24.2 Å². The molecule has 1 amide bonds. The van der Waals surface area contributed by atoms with E-state index in [1.807, 2.05) is 30.3 Å². The summed E-state index contributed by atoms with van der Waals surface area (Å²) in [7, 11) is 3.17. The number of ether oxygens (including phenoxy) is 2. The van der Waals surface area contributed by atoms with Crippen LogP contribution in [0.5, 0.6) is 11.5 Å². The number of nitrogens with one attached hydrogen (secondary N) is 1. The smallest absolute Gasteiger partial charge is 0.221 e. The van der Waals surface area contributed by atoms with Gasteiger partial charge >= 0.3 is 0 Å². The van der Waals surface area contributed by atoms with Crippen LogP contribution in [0, 0.1) is 11.8 Å². The standard InChI is InChI=1S/C34H31NO5/c1-39-31-18-14-28(15-19-31)34(38,29-16-20-32(40-2)21-17-29)30-13-12-27(24-36)26(22-30)10-6-7-11-33(37)35-23-25-8-4-3-5-9-25/h3-5,8-9,12-22,24,38H,7,11,23H2,1-2H3,(H,35,37). The van der Waals surface area contributed by atoms with Crippen molar-refractivity contribution in [1.82, 2.24) is 5.32 Å². The van der Waals surface area contributed by atoms with E-state index in [-0.39, 0.29) is 12.3 Å². The van der Waals surface area contributed by atoms with E-state index < -0.39 is 5.60 Å². The number of aldehydes is 1. The van der Waals surface area contributed by atoms with Gasteiger partial charge in [-0.15, -0.1) is 0 Å². The molecule has 0 unspecified atom stereocenters. The second kappa shape index (κ2) is 13.3. The van der Waals surface area contributed by atoms with Crippen LogP contribution in [-0.2, 0) is 16.9 Å². The molecule has 202 valence electrons. The second-order valence-electron chi connectivity index (χ2n) is 9.15. The summed E-state index contributed by atoms with van der Waals surface area (Å²) in [6.07, 6.45) is 1.29. The maximum atomic E-state index is 12.3. The average Bonchev–Trinajstić information content (AvgIpc) is 3.02. The quantitative estimate of drug-likeness (QED) is 0.165. The highest BCUT2D eigenvalue weighted by atomic mass is 16.5. The molecular weight excluding hydrogens is 502 g/mol. The number of methoxy groups -OCH3 is 2. The number of benzene rings is 4. The van der Waals surface area contributed by atoms with Crippen LogP contribution in [-0.4, -0.2) is 31.5 Å². The lowest BCUT2D eigenvalue weighted by atomic mass is 9.79. The number of hydrogen-bond acceptors (Lipinski definition) is 5. The van der Waals surface area contributed by atoms with Crippen LogP contribution in [0.15, 0.2) is 97.1 Å². The fraction of sp³-hybridized carbons (Fsp3) is 0.176. The van der Waals surface area contributed by atoms with Crippen molar-refractivity contribution in [3.05, 3.63) is 130 Å². The van der Waals surface area contributed by atoms with Gasteiger partial charge in [-0.25, -0.2) is 0 Å². The minimum absolute atomic E-state index is 0.101. The Hall–Kier alpha value is -4.86. The van der Waals surface area contributed by atoms with Crippen LogP contribution in [0.4, 0.5) is 0 Å². The first-order chi connectivity index (χ1) is 19.5. The zero-order valence-corrected chi connectivity index (χ0v) is 22.5. The van der Waals surface area contributed by atoms with Crippen molar-refractivity contribution in [2.75, 3.05) is 14.2 Å². The van der Waals surface area contributed by atoms with E-state index in [1.165, 1.54) is 0 Å². The third kappa shape index (κ3) is 6.58.